The molecule has 1 aromatic carbocycles. The lowest BCUT2D eigenvalue weighted by molar-refractivity contribution is -0.137. The summed E-state index contributed by atoms with van der Waals surface area (Å²) in [4.78, 5) is 0. The van der Waals surface area contributed by atoms with Crippen molar-refractivity contribution in [2.24, 2.45) is 0 Å². The van der Waals surface area contributed by atoms with Gasteiger partial charge in [-0.05, 0) is 37.5 Å². The van der Waals surface area contributed by atoms with Crippen LogP contribution < -0.4 is 5.32 Å². The zero-order chi connectivity index (χ0) is 14.8. The summed E-state index contributed by atoms with van der Waals surface area (Å²) in [6.45, 7) is 1.98. The standard InChI is InChI=1S/C15H20F3NO/c1-11(19-14(10-20)8-2-3-9-14)12-4-6-13(7-5-12)15(16,17)18/h4-7,11,19-20H,2-3,8-10H2,1H3. The number of hydrogen-bond donors (Lipinski definition) is 2. The van der Waals surface area contributed by atoms with Crippen molar-refractivity contribution in [3.05, 3.63) is 35.4 Å². The van der Waals surface area contributed by atoms with Gasteiger partial charge in [0.1, 0.15) is 0 Å². The van der Waals surface area contributed by atoms with Crippen molar-refractivity contribution in [2.45, 2.75) is 50.4 Å². The number of rotatable bonds is 4. The third-order valence-electron chi connectivity index (χ3n) is 4.12. The van der Waals surface area contributed by atoms with Crippen LogP contribution >= 0.6 is 0 Å². The van der Waals surface area contributed by atoms with Crippen LogP contribution in [-0.2, 0) is 6.18 Å². The van der Waals surface area contributed by atoms with E-state index in [0.717, 1.165) is 43.4 Å². The SMILES string of the molecule is CC(NC1(CO)CCCC1)c1ccc(C(F)(F)F)cc1. The summed E-state index contributed by atoms with van der Waals surface area (Å²) in [5.74, 6) is 0. The molecule has 0 amide bonds. The Morgan fingerprint density at radius 2 is 1.75 bits per heavy atom. The Hall–Kier alpha value is -1.07. The molecule has 2 N–H and O–H groups in total. The van der Waals surface area contributed by atoms with Crippen molar-refractivity contribution in [1.82, 2.24) is 5.32 Å². The van der Waals surface area contributed by atoms with E-state index in [9.17, 15) is 18.3 Å². The third-order valence-corrected chi connectivity index (χ3v) is 4.12. The van der Waals surface area contributed by atoms with Crippen LogP contribution in [0.5, 0.6) is 0 Å². The fourth-order valence-corrected chi connectivity index (χ4v) is 2.90. The highest BCUT2D eigenvalue weighted by Crippen LogP contribution is 2.33. The maximum atomic E-state index is 12.5. The second kappa shape index (κ2) is 5.74. The Bertz CT molecular complexity index is 435. The summed E-state index contributed by atoms with van der Waals surface area (Å²) in [7, 11) is 0. The molecular weight excluding hydrogens is 267 g/mol. The molecule has 5 heteroatoms. The highest BCUT2D eigenvalue weighted by atomic mass is 19.4. The summed E-state index contributed by atoms with van der Waals surface area (Å²) in [6, 6.07) is 5.13. The maximum absolute atomic E-state index is 12.5. The molecule has 1 aromatic rings. The van der Waals surface area contributed by atoms with E-state index in [1.807, 2.05) is 6.92 Å². The molecule has 1 fully saturated rings. The lowest BCUT2D eigenvalue weighted by atomic mass is 9.95. The minimum Gasteiger partial charge on any atom is -0.394 e. The van der Waals surface area contributed by atoms with Gasteiger partial charge in [0.25, 0.3) is 0 Å². The highest BCUT2D eigenvalue weighted by molar-refractivity contribution is 5.26. The molecule has 20 heavy (non-hydrogen) atoms. The zero-order valence-electron chi connectivity index (χ0n) is 11.5. The largest absolute Gasteiger partial charge is 0.416 e. The topological polar surface area (TPSA) is 32.3 Å². The first-order chi connectivity index (χ1) is 9.36. The van der Waals surface area contributed by atoms with Gasteiger partial charge in [0.2, 0.25) is 0 Å². The molecule has 1 aliphatic rings. The van der Waals surface area contributed by atoms with Crippen molar-refractivity contribution in [3.8, 4) is 0 Å². The van der Waals surface area contributed by atoms with Crippen molar-refractivity contribution >= 4 is 0 Å². The minimum absolute atomic E-state index is 0.0674. The van der Waals surface area contributed by atoms with E-state index in [1.165, 1.54) is 12.1 Å². The molecule has 2 nitrogen and oxygen atoms in total. The van der Waals surface area contributed by atoms with Crippen LogP contribution in [0, 0.1) is 0 Å². The number of benzene rings is 1. The van der Waals surface area contributed by atoms with Gasteiger partial charge in [-0.1, -0.05) is 25.0 Å². The first-order valence-corrected chi connectivity index (χ1v) is 6.92. The predicted octanol–water partition coefficient (Wildman–Crippen LogP) is 3.66. The lowest BCUT2D eigenvalue weighted by Crippen LogP contribution is -2.47. The molecule has 1 aliphatic carbocycles. The third kappa shape index (κ3) is 3.33. The second-order valence-electron chi connectivity index (χ2n) is 5.63. The van der Waals surface area contributed by atoms with Crippen LogP contribution in [0.4, 0.5) is 13.2 Å². The summed E-state index contributed by atoms with van der Waals surface area (Å²) in [5.41, 5.74) is -0.105. The predicted molar refractivity (Wildman–Crippen MR) is 71.3 cm³/mol. The van der Waals surface area contributed by atoms with Crippen molar-refractivity contribution in [1.29, 1.82) is 0 Å². The van der Waals surface area contributed by atoms with Crippen LogP contribution in [0.1, 0.15) is 49.8 Å². The number of aliphatic hydroxyl groups is 1. The molecule has 1 atom stereocenters. The Kier molecular flexibility index (Phi) is 4.39. The van der Waals surface area contributed by atoms with Gasteiger partial charge in [0.05, 0.1) is 12.2 Å². The number of alkyl halides is 3. The fraction of sp³-hybridized carbons (Fsp3) is 0.600. The van der Waals surface area contributed by atoms with Crippen molar-refractivity contribution < 1.29 is 18.3 Å². The molecule has 0 heterocycles. The second-order valence-corrected chi connectivity index (χ2v) is 5.63. The number of aliphatic hydroxyl groups excluding tert-OH is 1. The summed E-state index contributed by atoms with van der Waals surface area (Å²) >= 11 is 0. The van der Waals surface area contributed by atoms with E-state index in [1.54, 1.807) is 0 Å². The van der Waals surface area contributed by atoms with E-state index in [0.29, 0.717) is 0 Å². The first kappa shape index (κ1) is 15.3. The van der Waals surface area contributed by atoms with Gasteiger partial charge in [-0.25, -0.2) is 0 Å². The number of halogens is 3. The molecule has 0 aliphatic heterocycles. The van der Waals surface area contributed by atoms with Gasteiger partial charge in [-0.15, -0.1) is 0 Å². The van der Waals surface area contributed by atoms with Gasteiger partial charge in [-0.3, -0.25) is 0 Å². The average Bonchev–Trinajstić information content (AvgIpc) is 2.87. The lowest BCUT2D eigenvalue weighted by Gasteiger charge is -2.32. The number of hydrogen-bond acceptors (Lipinski definition) is 2. The van der Waals surface area contributed by atoms with Gasteiger partial charge in [0.15, 0.2) is 0 Å². The van der Waals surface area contributed by atoms with E-state index in [2.05, 4.69) is 5.32 Å². The molecule has 0 saturated heterocycles. The Balaban J connectivity index is 2.07. The number of nitrogens with one attached hydrogen (secondary N) is 1. The summed E-state index contributed by atoms with van der Waals surface area (Å²) in [6.07, 6.45) is -0.323. The van der Waals surface area contributed by atoms with Crippen molar-refractivity contribution in [2.75, 3.05) is 6.61 Å². The molecule has 0 radical (unpaired) electrons. The average molecular weight is 287 g/mol. The Morgan fingerprint density at radius 1 is 1.20 bits per heavy atom. The maximum Gasteiger partial charge on any atom is 0.416 e. The van der Waals surface area contributed by atoms with Crippen molar-refractivity contribution in [3.63, 3.8) is 0 Å². The van der Waals surface area contributed by atoms with Gasteiger partial charge in [0, 0.05) is 11.6 Å². The van der Waals surface area contributed by atoms with Crippen LogP contribution in [0.25, 0.3) is 0 Å². The van der Waals surface area contributed by atoms with E-state index >= 15 is 0 Å². The fourth-order valence-electron chi connectivity index (χ4n) is 2.90. The minimum atomic E-state index is -4.30. The molecule has 0 bridgehead atoms. The molecule has 1 saturated carbocycles. The van der Waals surface area contributed by atoms with Gasteiger partial charge >= 0.3 is 6.18 Å². The van der Waals surface area contributed by atoms with E-state index in [4.69, 9.17) is 0 Å². The quantitative estimate of drug-likeness (QED) is 0.885. The first-order valence-electron chi connectivity index (χ1n) is 6.92. The summed E-state index contributed by atoms with van der Waals surface area (Å²) in [5, 5.41) is 12.9. The van der Waals surface area contributed by atoms with Gasteiger partial charge in [-0.2, -0.15) is 13.2 Å². The highest BCUT2D eigenvalue weighted by Gasteiger charge is 2.34. The van der Waals surface area contributed by atoms with Crippen LogP contribution in [0.3, 0.4) is 0 Å². The molecule has 0 aromatic heterocycles. The normalized spacial score (nSPS) is 20.1. The molecule has 2 rings (SSSR count). The smallest absolute Gasteiger partial charge is 0.394 e. The van der Waals surface area contributed by atoms with E-state index in [-0.39, 0.29) is 18.2 Å². The van der Waals surface area contributed by atoms with Gasteiger partial charge < -0.3 is 10.4 Å². The Labute approximate surface area is 117 Å². The Morgan fingerprint density at radius 3 is 2.20 bits per heavy atom. The molecular formula is C15H20F3NO. The zero-order valence-corrected chi connectivity index (χ0v) is 11.5. The van der Waals surface area contributed by atoms with Crippen LogP contribution in [0.15, 0.2) is 24.3 Å². The monoisotopic (exact) mass is 287 g/mol. The molecule has 112 valence electrons. The van der Waals surface area contributed by atoms with Crippen LogP contribution in [-0.4, -0.2) is 17.3 Å². The summed E-state index contributed by atoms with van der Waals surface area (Å²) < 4.78 is 37.5. The molecule has 0 spiro atoms. The molecule has 1 unspecified atom stereocenters. The van der Waals surface area contributed by atoms with Crippen LogP contribution in [0.2, 0.25) is 0 Å². The van der Waals surface area contributed by atoms with E-state index < -0.39 is 11.7 Å².